The molecule has 0 aliphatic rings. The van der Waals surface area contributed by atoms with E-state index in [4.69, 9.17) is 9.15 Å². The van der Waals surface area contributed by atoms with Crippen molar-refractivity contribution in [1.82, 2.24) is 15.2 Å². The van der Waals surface area contributed by atoms with Crippen LogP contribution in [0.25, 0.3) is 0 Å². The summed E-state index contributed by atoms with van der Waals surface area (Å²) in [6.07, 6.45) is 1.42. The van der Waals surface area contributed by atoms with Gasteiger partial charge in [-0.25, -0.2) is 4.98 Å². The largest absolute Gasteiger partial charge is 0.497 e. The van der Waals surface area contributed by atoms with Gasteiger partial charge in [0.1, 0.15) is 12.0 Å². The number of amides is 1. The molecule has 1 amide bonds. The Bertz CT molecular complexity index is 922. The Morgan fingerprint density at radius 1 is 1.10 bits per heavy atom. The zero-order valence-corrected chi connectivity index (χ0v) is 17.1. The van der Waals surface area contributed by atoms with E-state index in [0.29, 0.717) is 24.7 Å². The number of hydrogen-bond acceptors (Lipinski definition) is 5. The molecule has 6 heteroatoms. The van der Waals surface area contributed by atoms with E-state index >= 15 is 0 Å². The first-order valence-corrected chi connectivity index (χ1v) is 9.68. The molecule has 0 aliphatic heterocycles. The fourth-order valence-electron chi connectivity index (χ4n) is 2.96. The van der Waals surface area contributed by atoms with Crippen molar-refractivity contribution >= 4 is 5.91 Å². The van der Waals surface area contributed by atoms with Gasteiger partial charge in [-0.05, 0) is 37.1 Å². The number of nitrogens with zero attached hydrogens (tertiary/aromatic N) is 2. The minimum Gasteiger partial charge on any atom is -0.497 e. The molecule has 0 atom stereocenters. The van der Waals surface area contributed by atoms with Crippen molar-refractivity contribution in [2.24, 2.45) is 0 Å². The zero-order chi connectivity index (χ0) is 20.6. The van der Waals surface area contributed by atoms with Gasteiger partial charge in [0.25, 0.3) is 5.91 Å². The van der Waals surface area contributed by atoms with Crippen LogP contribution in [0, 0.1) is 0 Å². The van der Waals surface area contributed by atoms with Crippen molar-refractivity contribution in [2.75, 3.05) is 7.11 Å². The van der Waals surface area contributed by atoms with E-state index in [0.717, 1.165) is 23.4 Å². The highest BCUT2D eigenvalue weighted by Gasteiger charge is 2.17. The van der Waals surface area contributed by atoms with Gasteiger partial charge < -0.3 is 14.5 Å². The van der Waals surface area contributed by atoms with E-state index in [1.54, 1.807) is 7.11 Å². The van der Waals surface area contributed by atoms with E-state index in [9.17, 15) is 4.79 Å². The summed E-state index contributed by atoms with van der Waals surface area (Å²) in [5.41, 5.74) is 2.47. The Labute approximate surface area is 171 Å². The molecule has 2 aromatic carbocycles. The number of benzene rings is 2. The first-order chi connectivity index (χ1) is 14.0. The lowest BCUT2D eigenvalue weighted by Crippen LogP contribution is -2.30. The van der Waals surface area contributed by atoms with E-state index in [1.807, 2.05) is 48.5 Å². The number of ether oxygens (including phenoxy) is 1. The molecule has 1 heterocycles. The predicted molar refractivity (Wildman–Crippen MR) is 111 cm³/mol. The highest BCUT2D eigenvalue weighted by Crippen LogP contribution is 2.17. The average molecular weight is 393 g/mol. The summed E-state index contributed by atoms with van der Waals surface area (Å²) >= 11 is 0. The van der Waals surface area contributed by atoms with Crippen LogP contribution in [0.15, 0.2) is 65.3 Å². The molecule has 0 bridgehead atoms. The summed E-state index contributed by atoms with van der Waals surface area (Å²) < 4.78 is 10.9. The number of rotatable bonds is 9. The van der Waals surface area contributed by atoms with Crippen molar-refractivity contribution in [3.63, 3.8) is 0 Å². The van der Waals surface area contributed by atoms with Gasteiger partial charge in [-0.1, -0.05) is 42.5 Å². The Hall–Kier alpha value is -3.12. The van der Waals surface area contributed by atoms with Gasteiger partial charge in [0.05, 0.1) is 13.7 Å². The fourth-order valence-corrected chi connectivity index (χ4v) is 2.96. The Morgan fingerprint density at radius 2 is 1.86 bits per heavy atom. The lowest BCUT2D eigenvalue weighted by molar-refractivity contribution is 0.0945. The molecule has 3 rings (SSSR count). The monoisotopic (exact) mass is 393 g/mol. The molecule has 29 heavy (non-hydrogen) atoms. The second-order valence-electron chi connectivity index (χ2n) is 7.15. The van der Waals surface area contributed by atoms with Crippen LogP contribution in [0.5, 0.6) is 5.75 Å². The zero-order valence-electron chi connectivity index (χ0n) is 17.1. The normalized spacial score (nSPS) is 11.1. The molecule has 0 saturated carbocycles. The SMILES string of the molecule is COc1cccc(CN(Cc2nc(C(=O)NCc3ccccc3)co2)C(C)C)c1. The predicted octanol–water partition coefficient (Wildman–Crippen LogP) is 4.02. The first-order valence-electron chi connectivity index (χ1n) is 9.68. The summed E-state index contributed by atoms with van der Waals surface area (Å²) in [5.74, 6) is 1.11. The van der Waals surface area contributed by atoms with Gasteiger partial charge in [0.15, 0.2) is 5.69 Å². The lowest BCUT2D eigenvalue weighted by Gasteiger charge is -2.25. The van der Waals surface area contributed by atoms with Crippen molar-refractivity contribution < 1.29 is 13.9 Å². The Morgan fingerprint density at radius 3 is 2.59 bits per heavy atom. The number of carbonyl (C=O) groups excluding carboxylic acids is 1. The molecule has 0 aliphatic carbocycles. The van der Waals surface area contributed by atoms with Crippen molar-refractivity contribution in [3.05, 3.63) is 83.6 Å². The fraction of sp³-hybridized carbons (Fsp3) is 0.304. The average Bonchev–Trinajstić information content (AvgIpc) is 3.21. The Balaban J connectivity index is 1.61. The van der Waals surface area contributed by atoms with Gasteiger partial charge in [-0.2, -0.15) is 0 Å². The van der Waals surface area contributed by atoms with Crippen LogP contribution >= 0.6 is 0 Å². The van der Waals surface area contributed by atoms with Crippen LogP contribution < -0.4 is 10.1 Å². The summed E-state index contributed by atoms with van der Waals surface area (Å²) in [6, 6.07) is 18.0. The second-order valence-corrected chi connectivity index (χ2v) is 7.15. The Kier molecular flexibility index (Phi) is 7.03. The van der Waals surface area contributed by atoms with Crippen LogP contribution in [0.3, 0.4) is 0 Å². The highest BCUT2D eigenvalue weighted by molar-refractivity contribution is 5.91. The maximum atomic E-state index is 12.4. The molecule has 6 nitrogen and oxygen atoms in total. The smallest absolute Gasteiger partial charge is 0.273 e. The van der Waals surface area contributed by atoms with Crippen LogP contribution in [0.1, 0.15) is 41.4 Å². The maximum absolute atomic E-state index is 12.4. The molecular formula is C23H27N3O3. The van der Waals surface area contributed by atoms with Gasteiger partial charge in [0.2, 0.25) is 5.89 Å². The summed E-state index contributed by atoms with van der Waals surface area (Å²) in [6.45, 7) is 5.94. The summed E-state index contributed by atoms with van der Waals surface area (Å²) in [5, 5.41) is 2.87. The van der Waals surface area contributed by atoms with Crippen molar-refractivity contribution in [1.29, 1.82) is 0 Å². The van der Waals surface area contributed by atoms with Gasteiger partial charge in [0, 0.05) is 19.1 Å². The molecule has 1 aromatic heterocycles. The first kappa shape index (κ1) is 20.6. The molecular weight excluding hydrogens is 366 g/mol. The molecule has 0 saturated heterocycles. The number of methoxy groups -OCH3 is 1. The number of nitrogens with one attached hydrogen (secondary N) is 1. The number of oxazole rings is 1. The third kappa shape index (κ3) is 5.93. The summed E-state index contributed by atoms with van der Waals surface area (Å²) in [7, 11) is 1.66. The molecule has 0 radical (unpaired) electrons. The molecule has 0 unspecified atom stereocenters. The van der Waals surface area contributed by atoms with E-state index in [-0.39, 0.29) is 11.9 Å². The van der Waals surface area contributed by atoms with E-state index < -0.39 is 0 Å². The van der Waals surface area contributed by atoms with Crippen LogP contribution in [0.4, 0.5) is 0 Å². The van der Waals surface area contributed by atoms with Gasteiger partial charge in [-0.3, -0.25) is 9.69 Å². The summed E-state index contributed by atoms with van der Waals surface area (Å²) in [4.78, 5) is 19.0. The standard InChI is InChI=1S/C23H27N3O3/c1-17(2)26(14-19-10-7-11-20(12-19)28-3)15-22-25-21(16-29-22)23(27)24-13-18-8-5-4-6-9-18/h4-12,16-17H,13-15H2,1-3H3,(H,24,27). The number of hydrogen-bond donors (Lipinski definition) is 1. The third-order valence-corrected chi connectivity index (χ3v) is 4.67. The maximum Gasteiger partial charge on any atom is 0.273 e. The second kappa shape index (κ2) is 9.89. The molecule has 3 aromatic rings. The molecule has 0 fully saturated rings. The quantitative estimate of drug-likeness (QED) is 0.595. The minimum atomic E-state index is -0.243. The van der Waals surface area contributed by atoms with Crippen LogP contribution in [-0.2, 0) is 19.6 Å². The topological polar surface area (TPSA) is 67.6 Å². The minimum absolute atomic E-state index is 0.243. The number of aromatic nitrogens is 1. The van der Waals surface area contributed by atoms with Crippen LogP contribution in [0.2, 0.25) is 0 Å². The van der Waals surface area contributed by atoms with Gasteiger partial charge >= 0.3 is 0 Å². The van der Waals surface area contributed by atoms with Crippen molar-refractivity contribution in [3.8, 4) is 5.75 Å². The number of carbonyl (C=O) groups is 1. The van der Waals surface area contributed by atoms with Gasteiger partial charge in [-0.15, -0.1) is 0 Å². The van der Waals surface area contributed by atoms with Crippen LogP contribution in [-0.4, -0.2) is 28.9 Å². The van der Waals surface area contributed by atoms with E-state index in [1.165, 1.54) is 6.26 Å². The highest BCUT2D eigenvalue weighted by atomic mass is 16.5. The molecule has 0 spiro atoms. The van der Waals surface area contributed by atoms with Crippen molar-refractivity contribution in [2.45, 2.75) is 39.5 Å². The molecule has 152 valence electrons. The molecule has 1 N–H and O–H groups in total. The lowest BCUT2D eigenvalue weighted by atomic mass is 10.2. The van der Waals surface area contributed by atoms with E-state index in [2.05, 4.69) is 35.1 Å². The third-order valence-electron chi connectivity index (χ3n) is 4.67.